The van der Waals surface area contributed by atoms with Crippen molar-refractivity contribution in [2.24, 2.45) is 0 Å². The van der Waals surface area contributed by atoms with Gasteiger partial charge in [0.15, 0.2) is 11.6 Å². The van der Waals surface area contributed by atoms with Crippen LogP contribution in [0.2, 0.25) is 0 Å². The zero-order valence-electron chi connectivity index (χ0n) is 13.7. The molecule has 1 aromatic carbocycles. The molecule has 0 radical (unpaired) electrons. The van der Waals surface area contributed by atoms with E-state index < -0.39 is 0 Å². The van der Waals surface area contributed by atoms with Crippen molar-refractivity contribution in [3.63, 3.8) is 0 Å². The molecular formula is C18H14FN5OS. The second kappa shape index (κ2) is 5.84. The molecule has 0 bridgehead atoms. The summed E-state index contributed by atoms with van der Waals surface area (Å²) >= 11 is 1.36. The Morgan fingerprint density at radius 1 is 1.23 bits per heavy atom. The van der Waals surface area contributed by atoms with Gasteiger partial charge in [0.2, 0.25) is 0 Å². The van der Waals surface area contributed by atoms with Crippen LogP contribution in [0.25, 0.3) is 15.9 Å². The maximum Gasteiger partial charge on any atom is 0.271 e. The molecular weight excluding hydrogens is 353 g/mol. The molecule has 0 atom stereocenters. The van der Waals surface area contributed by atoms with E-state index in [1.54, 1.807) is 18.2 Å². The third kappa shape index (κ3) is 2.53. The number of fused-ring (bicyclic) bond motifs is 1. The first-order chi connectivity index (χ1) is 12.7. The van der Waals surface area contributed by atoms with Crippen LogP contribution < -0.4 is 5.56 Å². The topological polar surface area (TPSA) is 65.6 Å². The van der Waals surface area contributed by atoms with Crippen LogP contribution in [0.3, 0.4) is 0 Å². The van der Waals surface area contributed by atoms with E-state index in [0.29, 0.717) is 33.5 Å². The van der Waals surface area contributed by atoms with E-state index in [9.17, 15) is 9.18 Å². The minimum Gasteiger partial charge on any atom is -0.290 e. The van der Waals surface area contributed by atoms with Crippen LogP contribution in [0.4, 0.5) is 4.39 Å². The lowest BCUT2D eigenvalue weighted by Gasteiger charge is -2.08. The second-order valence-electron chi connectivity index (χ2n) is 6.34. The molecule has 0 aliphatic heterocycles. The highest BCUT2D eigenvalue weighted by Gasteiger charge is 2.29. The molecule has 0 N–H and O–H groups in total. The van der Waals surface area contributed by atoms with Crippen molar-refractivity contribution >= 4 is 21.6 Å². The summed E-state index contributed by atoms with van der Waals surface area (Å²) in [5, 5.41) is 6.36. The Labute approximate surface area is 151 Å². The Morgan fingerprint density at radius 3 is 2.88 bits per heavy atom. The maximum atomic E-state index is 14.3. The molecule has 0 amide bonds. The summed E-state index contributed by atoms with van der Waals surface area (Å²) in [6.45, 7) is 0.188. The maximum absolute atomic E-state index is 14.3. The van der Waals surface area contributed by atoms with Crippen LogP contribution in [0, 0.1) is 5.82 Å². The summed E-state index contributed by atoms with van der Waals surface area (Å²) in [5.74, 6) is 1.19. The van der Waals surface area contributed by atoms with Gasteiger partial charge in [-0.2, -0.15) is 5.10 Å². The third-order valence-electron chi connectivity index (χ3n) is 4.46. The number of thiophene rings is 1. The Hall–Kier alpha value is -2.87. The average Bonchev–Trinajstić information content (AvgIpc) is 3.23. The molecule has 3 heterocycles. The number of rotatable bonds is 4. The molecule has 1 saturated carbocycles. The predicted molar refractivity (Wildman–Crippen MR) is 96.3 cm³/mol. The quantitative estimate of drug-likeness (QED) is 0.556. The molecule has 8 heteroatoms. The first-order valence-electron chi connectivity index (χ1n) is 8.34. The lowest BCUT2D eigenvalue weighted by atomic mass is 10.3. The standard InChI is InChI=1S/C18H14FN5OS/c19-12-3-1-2-4-14(12)24-15(21-17(22-24)11-5-6-11)9-23-10-20-13-7-8-26-16(13)18(23)25/h1-4,7-8,10-11H,5-6,9H2. The van der Waals surface area contributed by atoms with E-state index in [1.165, 1.54) is 33.0 Å². The van der Waals surface area contributed by atoms with Crippen molar-refractivity contribution < 1.29 is 4.39 Å². The highest BCUT2D eigenvalue weighted by atomic mass is 32.1. The Morgan fingerprint density at radius 2 is 2.08 bits per heavy atom. The summed E-state index contributed by atoms with van der Waals surface area (Å²) in [7, 11) is 0. The SMILES string of the molecule is O=c1c2sccc2ncn1Cc1nc(C2CC2)nn1-c1ccccc1F. The lowest BCUT2D eigenvalue weighted by Crippen LogP contribution is -2.22. The number of para-hydroxylation sites is 1. The summed E-state index contributed by atoms with van der Waals surface area (Å²) in [4.78, 5) is 21.6. The second-order valence-corrected chi connectivity index (χ2v) is 7.25. The van der Waals surface area contributed by atoms with Crippen molar-refractivity contribution in [3.8, 4) is 5.69 Å². The van der Waals surface area contributed by atoms with Crippen molar-refractivity contribution in [2.45, 2.75) is 25.3 Å². The number of halogens is 1. The normalized spacial score (nSPS) is 14.2. The Kier molecular flexibility index (Phi) is 3.46. The van der Waals surface area contributed by atoms with Gasteiger partial charge in [0.05, 0.1) is 18.4 Å². The molecule has 1 aliphatic carbocycles. The number of hydrogen-bond acceptors (Lipinski definition) is 5. The fourth-order valence-corrected chi connectivity index (χ4v) is 3.73. The average molecular weight is 367 g/mol. The molecule has 0 saturated heterocycles. The summed E-state index contributed by atoms with van der Waals surface area (Å²) in [6, 6.07) is 8.26. The molecule has 5 rings (SSSR count). The molecule has 1 aliphatic rings. The van der Waals surface area contributed by atoms with Crippen molar-refractivity contribution in [1.29, 1.82) is 0 Å². The van der Waals surface area contributed by atoms with Gasteiger partial charge in [-0.25, -0.2) is 19.0 Å². The molecule has 0 unspecified atom stereocenters. The number of aromatic nitrogens is 5. The zero-order chi connectivity index (χ0) is 17.7. The van der Waals surface area contributed by atoms with Gasteiger partial charge in [0.1, 0.15) is 16.2 Å². The molecule has 26 heavy (non-hydrogen) atoms. The van der Waals surface area contributed by atoms with E-state index in [2.05, 4.69) is 15.1 Å². The van der Waals surface area contributed by atoms with Crippen LogP contribution in [-0.4, -0.2) is 24.3 Å². The number of nitrogens with zero attached hydrogens (tertiary/aromatic N) is 5. The van der Waals surface area contributed by atoms with E-state index in [-0.39, 0.29) is 17.9 Å². The van der Waals surface area contributed by atoms with Crippen LogP contribution in [0.1, 0.15) is 30.4 Å². The largest absolute Gasteiger partial charge is 0.290 e. The molecule has 3 aromatic heterocycles. The van der Waals surface area contributed by atoms with Gasteiger partial charge in [-0.05, 0) is 36.4 Å². The first kappa shape index (κ1) is 15.4. The van der Waals surface area contributed by atoms with Crippen molar-refractivity contribution in [2.75, 3.05) is 0 Å². The van der Waals surface area contributed by atoms with Crippen LogP contribution in [0.5, 0.6) is 0 Å². The Balaban J connectivity index is 1.62. The van der Waals surface area contributed by atoms with E-state index in [1.807, 2.05) is 11.4 Å². The van der Waals surface area contributed by atoms with Crippen LogP contribution in [0.15, 0.2) is 46.8 Å². The van der Waals surface area contributed by atoms with E-state index in [0.717, 1.165) is 12.8 Å². The molecule has 4 aromatic rings. The fourth-order valence-electron chi connectivity index (χ4n) is 2.94. The van der Waals surface area contributed by atoms with E-state index in [4.69, 9.17) is 0 Å². The van der Waals surface area contributed by atoms with Gasteiger partial charge in [-0.15, -0.1) is 11.3 Å². The van der Waals surface area contributed by atoms with Crippen molar-refractivity contribution in [1.82, 2.24) is 24.3 Å². The first-order valence-corrected chi connectivity index (χ1v) is 9.22. The summed E-state index contributed by atoms with van der Waals surface area (Å²) in [6.07, 6.45) is 3.60. The lowest BCUT2D eigenvalue weighted by molar-refractivity contribution is 0.598. The van der Waals surface area contributed by atoms with Crippen LogP contribution >= 0.6 is 11.3 Å². The fraction of sp³-hybridized carbons (Fsp3) is 0.222. The van der Waals surface area contributed by atoms with E-state index >= 15 is 0 Å². The smallest absolute Gasteiger partial charge is 0.271 e. The Bertz CT molecular complexity index is 1170. The molecule has 6 nitrogen and oxygen atoms in total. The van der Waals surface area contributed by atoms with Gasteiger partial charge in [0.25, 0.3) is 5.56 Å². The van der Waals surface area contributed by atoms with Crippen LogP contribution in [-0.2, 0) is 6.54 Å². The third-order valence-corrected chi connectivity index (χ3v) is 5.35. The van der Waals surface area contributed by atoms with Gasteiger partial charge < -0.3 is 0 Å². The summed E-state index contributed by atoms with van der Waals surface area (Å²) < 4.78 is 17.9. The molecule has 0 spiro atoms. The predicted octanol–water partition coefficient (Wildman–Crippen LogP) is 3.10. The zero-order valence-corrected chi connectivity index (χ0v) is 14.5. The van der Waals surface area contributed by atoms with Gasteiger partial charge in [-0.1, -0.05) is 12.1 Å². The van der Waals surface area contributed by atoms with Crippen molar-refractivity contribution in [3.05, 3.63) is 69.9 Å². The minimum atomic E-state index is -0.375. The molecule has 1 fully saturated rings. The van der Waals surface area contributed by atoms with Gasteiger partial charge in [0, 0.05) is 5.92 Å². The minimum absolute atomic E-state index is 0.124. The molecule has 130 valence electrons. The monoisotopic (exact) mass is 367 g/mol. The van der Waals surface area contributed by atoms with Gasteiger partial charge >= 0.3 is 0 Å². The summed E-state index contributed by atoms with van der Waals surface area (Å²) in [5.41, 5.74) is 0.895. The highest BCUT2D eigenvalue weighted by molar-refractivity contribution is 7.17. The number of hydrogen-bond donors (Lipinski definition) is 0. The van der Waals surface area contributed by atoms with Gasteiger partial charge in [-0.3, -0.25) is 9.36 Å². The number of benzene rings is 1. The highest BCUT2D eigenvalue weighted by Crippen LogP contribution is 2.38.